The van der Waals surface area contributed by atoms with Gasteiger partial charge in [0.05, 0.1) is 11.0 Å². The summed E-state index contributed by atoms with van der Waals surface area (Å²) < 4.78 is 2.16. The second-order valence-electron chi connectivity index (χ2n) is 5.91. The number of benzene rings is 2. The minimum absolute atomic E-state index is 1.02. The Morgan fingerprint density at radius 3 is 2.86 bits per heavy atom. The highest BCUT2D eigenvalue weighted by Crippen LogP contribution is 2.24. The standard InChI is InChI=1S/C19H19N3/c1-21-11-5-7-16(13-21)15-6-4-8-17(12-15)22-14-20-18-9-2-3-10-19(18)22/h2-4,6-10,12,14H,5,11,13H2,1H3. The highest BCUT2D eigenvalue weighted by molar-refractivity contribution is 5.78. The van der Waals surface area contributed by atoms with E-state index in [-0.39, 0.29) is 0 Å². The Morgan fingerprint density at radius 1 is 1.05 bits per heavy atom. The molecule has 0 bridgehead atoms. The Kier molecular flexibility index (Phi) is 3.28. The second-order valence-corrected chi connectivity index (χ2v) is 5.91. The molecule has 3 aromatic rings. The minimum atomic E-state index is 1.02. The molecule has 0 saturated heterocycles. The number of likely N-dealkylation sites (N-methyl/N-ethyl adjacent to an activating group) is 1. The van der Waals surface area contributed by atoms with Crippen LogP contribution in [0.4, 0.5) is 0 Å². The first kappa shape index (κ1) is 13.3. The molecule has 0 aliphatic carbocycles. The molecule has 2 aromatic carbocycles. The molecule has 22 heavy (non-hydrogen) atoms. The average Bonchev–Trinajstić information content (AvgIpc) is 2.99. The molecule has 3 nitrogen and oxygen atoms in total. The van der Waals surface area contributed by atoms with Gasteiger partial charge in [0.1, 0.15) is 6.33 Å². The quantitative estimate of drug-likeness (QED) is 0.716. The molecule has 0 radical (unpaired) electrons. The third-order valence-electron chi connectivity index (χ3n) is 4.29. The molecule has 0 fully saturated rings. The fraction of sp³-hybridized carbons (Fsp3) is 0.211. The van der Waals surface area contributed by atoms with Gasteiger partial charge in [-0.3, -0.25) is 4.57 Å². The van der Waals surface area contributed by atoms with Crippen molar-refractivity contribution < 1.29 is 0 Å². The van der Waals surface area contributed by atoms with Gasteiger partial charge in [-0.25, -0.2) is 4.98 Å². The smallest absolute Gasteiger partial charge is 0.100 e. The van der Waals surface area contributed by atoms with E-state index in [1.807, 2.05) is 18.5 Å². The number of nitrogens with zero attached hydrogens (tertiary/aromatic N) is 3. The number of fused-ring (bicyclic) bond motifs is 1. The van der Waals surface area contributed by atoms with Gasteiger partial charge in [-0.05, 0) is 48.9 Å². The summed E-state index contributed by atoms with van der Waals surface area (Å²) in [4.78, 5) is 6.86. The van der Waals surface area contributed by atoms with Crippen LogP contribution < -0.4 is 0 Å². The summed E-state index contributed by atoms with van der Waals surface area (Å²) in [6.45, 7) is 2.17. The molecule has 4 rings (SSSR count). The molecule has 0 amide bonds. The summed E-state index contributed by atoms with van der Waals surface area (Å²) in [5.41, 5.74) is 6.07. The number of aromatic nitrogens is 2. The molecule has 1 aliphatic rings. The maximum absolute atomic E-state index is 4.49. The van der Waals surface area contributed by atoms with Crippen molar-refractivity contribution in [3.8, 4) is 5.69 Å². The van der Waals surface area contributed by atoms with Gasteiger partial charge >= 0.3 is 0 Å². The normalized spacial score (nSPS) is 16.0. The van der Waals surface area contributed by atoms with Crippen molar-refractivity contribution >= 4 is 16.6 Å². The van der Waals surface area contributed by atoms with Gasteiger partial charge in [-0.2, -0.15) is 0 Å². The molecule has 0 N–H and O–H groups in total. The zero-order valence-electron chi connectivity index (χ0n) is 12.7. The lowest BCUT2D eigenvalue weighted by molar-refractivity contribution is 0.373. The lowest BCUT2D eigenvalue weighted by Gasteiger charge is -2.23. The molecular formula is C19H19N3. The van der Waals surface area contributed by atoms with Gasteiger partial charge < -0.3 is 4.90 Å². The van der Waals surface area contributed by atoms with Crippen molar-refractivity contribution in [2.45, 2.75) is 6.42 Å². The van der Waals surface area contributed by atoms with E-state index in [0.717, 1.165) is 30.5 Å². The van der Waals surface area contributed by atoms with E-state index < -0.39 is 0 Å². The van der Waals surface area contributed by atoms with Crippen molar-refractivity contribution in [2.24, 2.45) is 0 Å². The third kappa shape index (κ3) is 2.34. The third-order valence-corrected chi connectivity index (χ3v) is 4.29. The second kappa shape index (κ2) is 5.43. The monoisotopic (exact) mass is 289 g/mol. The number of hydrogen-bond acceptors (Lipinski definition) is 2. The van der Waals surface area contributed by atoms with Crippen LogP contribution in [-0.2, 0) is 0 Å². The largest absolute Gasteiger partial charge is 0.302 e. The highest BCUT2D eigenvalue weighted by atomic mass is 15.1. The number of imidazole rings is 1. The summed E-state index contributed by atoms with van der Waals surface area (Å²) in [5.74, 6) is 0. The molecule has 0 spiro atoms. The minimum Gasteiger partial charge on any atom is -0.302 e. The lowest BCUT2D eigenvalue weighted by Crippen LogP contribution is -2.24. The van der Waals surface area contributed by atoms with E-state index in [0.29, 0.717) is 0 Å². The number of hydrogen-bond donors (Lipinski definition) is 0. The predicted octanol–water partition coefficient (Wildman–Crippen LogP) is 3.74. The van der Waals surface area contributed by atoms with Crippen LogP contribution >= 0.6 is 0 Å². The fourth-order valence-corrected chi connectivity index (χ4v) is 3.12. The maximum atomic E-state index is 4.49. The fourth-order valence-electron chi connectivity index (χ4n) is 3.12. The van der Waals surface area contributed by atoms with Gasteiger partial charge in [0.15, 0.2) is 0 Å². The van der Waals surface area contributed by atoms with Crippen LogP contribution in [0, 0.1) is 0 Å². The van der Waals surface area contributed by atoms with Crippen molar-refractivity contribution in [1.29, 1.82) is 0 Å². The Balaban J connectivity index is 1.77. The summed E-state index contributed by atoms with van der Waals surface area (Å²) >= 11 is 0. The first-order valence-corrected chi connectivity index (χ1v) is 7.72. The number of para-hydroxylation sites is 2. The van der Waals surface area contributed by atoms with Crippen LogP contribution in [0.15, 0.2) is 60.9 Å². The zero-order chi connectivity index (χ0) is 14.9. The number of rotatable bonds is 2. The van der Waals surface area contributed by atoms with Gasteiger partial charge in [0.2, 0.25) is 0 Å². The van der Waals surface area contributed by atoms with Gasteiger partial charge in [0.25, 0.3) is 0 Å². The highest BCUT2D eigenvalue weighted by Gasteiger charge is 2.11. The molecule has 0 unspecified atom stereocenters. The van der Waals surface area contributed by atoms with Crippen LogP contribution in [0.3, 0.4) is 0 Å². The molecule has 0 atom stereocenters. The van der Waals surface area contributed by atoms with Crippen molar-refractivity contribution in [3.05, 3.63) is 66.5 Å². The van der Waals surface area contributed by atoms with Crippen LogP contribution in [0.25, 0.3) is 22.3 Å². The molecule has 0 saturated carbocycles. The van der Waals surface area contributed by atoms with Gasteiger partial charge in [-0.1, -0.05) is 30.3 Å². The van der Waals surface area contributed by atoms with Crippen LogP contribution in [0.1, 0.15) is 12.0 Å². The van der Waals surface area contributed by atoms with Crippen LogP contribution in [0.2, 0.25) is 0 Å². The predicted molar refractivity (Wildman–Crippen MR) is 91.2 cm³/mol. The summed E-state index contributed by atoms with van der Waals surface area (Å²) in [6, 6.07) is 17.0. The Morgan fingerprint density at radius 2 is 1.95 bits per heavy atom. The first-order chi connectivity index (χ1) is 10.8. The van der Waals surface area contributed by atoms with E-state index in [1.165, 1.54) is 16.8 Å². The Labute approximate surface area is 130 Å². The van der Waals surface area contributed by atoms with E-state index >= 15 is 0 Å². The van der Waals surface area contributed by atoms with E-state index in [1.54, 1.807) is 0 Å². The molecule has 1 aliphatic heterocycles. The van der Waals surface area contributed by atoms with Gasteiger partial charge in [-0.15, -0.1) is 0 Å². The summed E-state index contributed by atoms with van der Waals surface area (Å²) in [7, 11) is 2.18. The molecular weight excluding hydrogens is 270 g/mol. The zero-order valence-corrected chi connectivity index (χ0v) is 12.7. The SMILES string of the molecule is CN1CCC=C(c2cccc(-n3cnc4ccccc43)c2)C1. The maximum Gasteiger partial charge on any atom is 0.100 e. The van der Waals surface area contributed by atoms with Crippen molar-refractivity contribution in [1.82, 2.24) is 14.5 Å². The average molecular weight is 289 g/mol. The van der Waals surface area contributed by atoms with Crippen LogP contribution in [0.5, 0.6) is 0 Å². The summed E-state index contributed by atoms with van der Waals surface area (Å²) in [5, 5.41) is 0. The molecule has 110 valence electrons. The van der Waals surface area contributed by atoms with Crippen LogP contribution in [-0.4, -0.2) is 34.6 Å². The van der Waals surface area contributed by atoms with Gasteiger partial charge in [0, 0.05) is 18.8 Å². The Bertz CT molecular complexity index is 845. The van der Waals surface area contributed by atoms with Crippen molar-refractivity contribution in [3.63, 3.8) is 0 Å². The summed E-state index contributed by atoms with van der Waals surface area (Å²) in [6.07, 6.45) is 5.40. The van der Waals surface area contributed by atoms with E-state index in [2.05, 4.69) is 64.0 Å². The van der Waals surface area contributed by atoms with Crippen molar-refractivity contribution in [2.75, 3.05) is 20.1 Å². The molecule has 2 heterocycles. The topological polar surface area (TPSA) is 21.1 Å². The Hall–Kier alpha value is -2.39. The molecule has 1 aromatic heterocycles. The van der Waals surface area contributed by atoms with E-state index in [9.17, 15) is 0 Å². The lowest BCUT2D eigenvalue weighted by atomic mass is 10.0. The first-order valence-electron chi connectivity index (χ1n) is 7.72. The molecule has 3 heteroatoms. The van der Waals surface area contributed by atoms with E-state index in [4.69, 9.17) is 0 Å².